The van der Waals surface area contributed by atoms with Crippen LogP contribution in [0.5, 0.6) is 5.75 Å². The molecule has 1 aromatic carbocycles. The molecule has 1 aromatic rings. The molecular formula is C9H12NNaO8S. The van der Waals surface area contributed by atoms with E-state index in [9.17, 15) is 23.1 Å². The second-order valence-electron chi connectivity index (χ2n) is 3.18. The van der Waals surface area contributed by atoms with Gasteiger partial charge in [-0.25, -0.2) is 8.42 Å². The van der Waals surface area contributed by atoms with E-state index in [0.717, 1.165) is 12.1 Å². The SMILES string of the molecule is COCCOc1ccc([N+](=O)[O-])cc1S(=O)(=O)[O-].O.[Na+]. The van der Waals surface area contributed by atoms with Crippen molar-refractivity contribution in [2.24, 2.45) is 0 Å². The van der Waals surface area contributed by atoms with Gasteiger partial charge in [-0.1, -0.05) is 0 Å². The summed E-state index contributed by atoms with van der Waals surface area (Å²) in [5, 5.41) is 10.5. The predicted molar refractivity (Wildman–Crippen MR) is 62.0 cm³/mol. The average Bonchev–Trinajstić information content (AvgIpc) is 2.28. The molecule has 9 nitrogen and oxygen atoms in total. The number of hydrogen-bond acceptors (Lipinski definition) is 7. The van der Waals surface area contributed by atoms with Crippen molar-refractivity contribution in [3.63, 3.8) is 0 Å². The summed E-state index contributed by atoms with van der Waals surface area (Å²) in [6.07, 6.45) is 0. The third kappa shape index (κ3) is 6.13. The van der Waals surface area contributed by atoms with E-state index in [1.807, 2.05) is 0 Å². The van der Waals surface area contributed by atoms with Gasteiger partial charge in [0.2, 0.25) is 0 Å². The number of non-ortho nitro benzene ring substituents is 1. The van der Waals surface area contributed by atoms with Crippen molar-refractivity contribution >= 4 is 15.8 Å². The molecule has 0 aromatic heterocycles. The fourth-order valence-corrected chi connectivity index (χ4v) is 1.80. The maximum absolute atomic E-state index is 11.0. The van der Waals surface area contributed by atoms with Gasteiger partial charge in [-0.15, -0.1) is 0 Å². The summed E-state index contributed by atoms with van der Waals surface area (Å²) in [4.78, 5) is 8.94. The molecule has 0 atom stereocenters. The third-order valence-corrected chi connectivity index (χ3v) is 2.81. The molecule has 0 heterocycles. The van der Waals surface area contributed by atoms with E-state index in [1.165, 1.54) is 7.11 Å². The summed E-state index contributed by atoms with van der Waals surface area (Å²) in [6, 6.07) is 2.79. The van der Waals surface area contributed by atoms with Gasteiger partial charge in [-0.2, -0.15) is 0 Å². The summed E-state index contributed by atoms with van der Waals surface area (Å²) >= 11 is 0. The Labute approximate surface area is 137 Å². The van der Waals surface area contributed by atoms with Crippen LogP contribution in [-0.2, 0) is 14.9 Å². The van der Waals surface area contributed by atoms with Crippen LogP contribution in [-0.4, -0.2) is 43.7 Å². The molecule has 1 rings (SSSR count). The second-order valence-corrected chi connectivity index (χ2v) is 4.53. The molecule has 20 heavy (non-hydrogen) atoms. The van der Waals surface area contributed by atoms with Gasteiger partial charge in [0.25, 0.3) is 5.69 Å². The van der Waals surface area contributed by atoms with E-state index in [-0.39, 0.29) is 54.0 Å². The van der Waals surface area contributed by atoms with Crippen molar-refractivity contribution in [1.82, 2.24) is 0 Å². The molecule has 0 spiro atoms. The van der Waals surface area contributed by atoms with Crippen LogP contribution in [0.1, 0.15) is 0 Å². The molecule has 0 unspecified atom stereocenters. The zero-order chi connectivity index (χ0) is 13.8. The normalized spacial score (nSPS) is 10.1. The first-order valence-electron chi connectivity index (χ1n) is 4.72. The second kappa shape index (κ2) is 9.23. The molecule has 0 aliphatic heterocycles. The average molecular weight is 317 g/mol. The Bertz CT molecular complexity index is 547. The third-order valence-electron chi connectivity index (χ3n) is 1.95. The van der Waals surface area contributed by atoms with Gasteiger partial charge in [0.05, 0.1) is 11.5 Å². The van der Waals surface area contributed by atoms with Gasteiger partial charge in [-0.05, 0) is 6.07 Å². The van der Waals surface area contributed by atoms with E-state index >= 15 is 0 Å². The zero-order valence-corrected chi connectivity index (χ0v) is 13.7. The molecular weight excluding hydrogens is 305 g/mol. The van der Waals surface area contributed by atoms with Gasteiger partial charge >= 0.3 is 29.6 Å². The molecule has 0 saturated carbocycles. The van der Waals surface area contributed by atoms with E-state index in [2.05, 4.69) is 0 Å². The minimum Gasteiger partial charge on any atom is -0.744 e. The standard InChI is InChI=1S/C9H11NO7S.Na.H2O/c1-16-4-5-17-8-3-2-7(10(11)12)6-9(8)18(13,14)15;;/h2-3,6H,4-5H2,1H3,(H,13,14,15);;1H2/q;+1;/p-1. The molecule has 2 N–H and O–H groups in total. The van der Waals surface area contributed by atoms with E-state index in [1.54, 1.807) is 0 Å². The van der Waals surface area contributed by atoms with Crippen LogP contribution in [0.3, 0.4) is 0 Å². The molecule has 0 bridgehead atoms. The van der Waals surface area contributed by atoms with Crippen molar-refractivity contribution in [2.75, 3.05) is 20.3 Å². The Morgan fingerprint density at radius 3 is 2.35 bits per heavy atom. The van der Waals surface area contributed by atoms with Crippen molar-refractivity contribution in [2.45, 2.75) is 4.90 Å². The zero-order valence-electron chi connectivity index (χ0n) is 10.9. The Balaban J connectivity index is 0. The molecule has 108 valence electrons. The monoisotopic (exact) mass is 317 g/mol. The molecule has 11 heteroatoms. The van der Waals surface area contributed by atoms with E-state index < -0.39 is 25.6 Å². The van der Waals surface area contributed by atoms with Gasteiger partial charge in [-0.3, -0.25) is 10.1 Å². The summed E-state index contributed by atoms with van der Waals surface area (Å²) < 4.78 is 42.6. The van der Waals surface area contributed by atoms with Crippen molar-refractivity contribution in [3.05, 3.63) is 28.3 Å². The van der Waals surface area contributed by atoms with Crippen LogP contribution < -0.4 is 34.3 Å². The Morgan fingerprint density at radius 2 is 1.90 bits per heavy atom. The topological polar surface area (TPSA) is 150 Å². The Kier molecular flexibility index (Phi) is 9.95. The number of benzene rings is 1. The summed E-state index contributed by atoms with van der Waals surface area (Å²) in [6.45, 7) is 0.214. The molecule has 0 radical (unpaired) electrons. The van der Waals surface area contributed by atoms with Gasteiger partial charge < -0.3 is 19.5 Å². The molecule has 0 amide bonds. The first kappa shape index (κ1) is 21.5. The van der Waals surface area contributed by atoms with Crippen molar-refractivity contribution in [1.29, 1.82) is 0 Å². The minimum absolute atomic E-state index is 0. The van der Waals surface area contributed by atoms with E-state index in [0.29, 0.717) is 6.07 Å². The summed E-state index contributed by atoms with van der Waals surface area (Å²) in [5.41, 5.74) is -0.497. The smallest absolute Gasteiger partial charge is 0.744 e. The number of hydrogen-bond donors (Lipinski definition) is 0. The first-order valence-corrected chi connectivity index (χ1v) is 6.13. The number of nitrogens with zero attached hydrogens (tertiary/aromatic N) is 1. The molecule has 0 aliphatic carbocycles. The number of nitro groups is 1. The van der Waals surface area contributed by atoms with Crippen molar-refractivity contribution in [3.8, 4) is 5.75 Å². The fraction of sp³-hybridized carbons (Fsp3) is 0.333. The number of rotatable bonds is 6. The Morgan fingerprint density at radius 1 is 1.30 bits per heavy atom. The van der Waals surface area contributed by atoms with Crippen LogP contribution >= 0.6 is 0 Å². The van der Waals surface area contributed by atoms with Gasteiger partial charge in [0.15, 0.2) is 0 Å². The number of ether oxygens (including phenoxy) is 2. The van der Waals surface area contributed by atoms with Crippen LogP contribution in [0.2, 0.25) is 0 Å². The summed E-state index contributed by atoms with van der Waals surface area (Å²) in [5.74, 6) is -0.229. The van der Waals surface area contributed by atoms with Crippen LogP contribution in [0.15, 0.2) is 23.1 Å². The van der Waals surface area contributed by atoms with Crippen LogP contribution in [0.4, 0.5) is 5.69 Å². The first-order chi connectivity index (χ1) is 8.36. The maximum Gasteiger partial charge on any atom is 1.00 e. The largest absolute Gasteiger partial charge is 1.00 e. The fourth-order valence-electron chi connectivity index (χ4n) is 1.16. The molecule has 0 fully saturated rings. The van der Waals surface area contributed by atoms with Gasteiger partial charge in [0.1, 0.15) is 27.4 Å². The van der Waals surface area contributed by atoms with Crippen LogP contribution in [0, 0.1) is 10.1 Å². The maximum atomic E-state index is 11.0. The Hall–Kier alpha value is -0.750. The van der Waals surface area contributed by atoms with Gasteiger partial charge in [0, 0.05) is 19.2 Å². The quantitative estimate of drug-likeness (QED) is 0.175. The number of methoxy groups -OCH3 is 1. The number of nitro benzene ring substituents is 1. The molecule has 0 saturated heterocycles. The molecule has 0 aliphatic rings. The van der Waals surface area contributed by atoms with Crippen LogP contribution in [0.25, 0.3) is 0 Å². The van der Waals surface area contributed by atoms with E-state index in [4.69, 9.17) is 9.47 Å². The summed E-state index contributed by atoms with van der Waals surface area (Å²) in [7, 11) is -3.43. The van der Waals surface area contributed by atoms with Crippen molar-refractivity contribution < 1.29 is 62.4 Å². The minimum atomic E-state index is -4.85. The predicted octanol–water partition coefficient (Wildman–Crippen LogP) is -3.30.